The Bertz CT molecular complexity index is 254. The van der Waals surface area contributed by atoms with E-state index in [1.54, 1.807) is 6.08 Å². The first-order chi connectivity index (χ1) is 6.27. The minimum Gasteiger partial charge on any atom is -0.305 e. The van der Waals surface area contributed by atoms with E-state index < -0.39 is 11.0 Å². The highest BCUT2D eigenvalue weighted by Gasteiger charge is 2.17. The lowest BCUT2D eigenvalue weighted by molar-refractivity contribution is 0.683. The first-order valence-electron chi connectivity index (χ1n) is 4.41. The van der Waals surface area contributed by atoms with E-state index in [9.17, 15) is 4.21 Å². The molecule has 0 aromatic rings. The second kappa shape index (κ2) is 6.66. The summed E-state index contributed by atoms with van der Waals surface area (Å²) in [6, 6.07) is 0. The van der Waals surface area contributed by atoms with Gasteiger partial charge in [0.15, 0.2) is 0 Å². The molecule has 1 heterocycles. The molecular weight excluding hydrogens is 182 g/mol. The SMILES string of the molecule is C=C/C=C1/CS(=O)N/C1=C/C.CC. The highest BCUT2D eigenvalue weighted by atomic mass is 32.2. The van der Waals surface area contributed by atoms with Crippen LogP contribution in [-0.4, -0.2) is 9.96 Å². The molecule has 1 saturated heterocycles. The van der Waals surface area contributed by atoms with Gasteiger partial charge in [-0.3, -0.25) is 0 Å². The van der Waals surface area contributed by atoms with Crippen LogP contribution in [0.5, 0.6) is 0 Å². The fourth-order valence-corrected chi connectivity index (χ4v) is 2.07. The zero-order valence-corrected chi connectivity index (χ0v) is 9.28. The zero-order valence-electron chi connectivity index (χ0n) is 8.46. The maximum atomic E-state index is 11.0. The van der Waals surface area contributed by atoms with Gasteiger partial charge in [-0.05, 0) is 12.5 Å². The molecule has 0 amide bonds. The summed E-state index contributed by atoms with van der Waals surface area (Å²) in [6.45, 7) is 9.51. The molecule has 0 aromatic heterocycles. The third-order valence-corrected chi connectivity index (χ3v) is 2.48. The number of nitrogens with one attached hydrogen (secondary N) is 1. The summed E-state index contributed by atoms with van der Waals surface area (Å²) in [5, 5.41) is 0. The smallest absolute Gasteiger partial charge is 0.121 e. The highest BCUT2D eigenvalue weighted by Crippen LogP contribution is 2.15. The van der Waals surface area contributed by atoms with Crippen molar-refractivity contribution in [2.45, 2.75) is 20.8 Å². The van der Waals surface area contributed by atoms with E-state index in [1.807, 2.05) is 32.9 Å². The van der Waals surface area contributed by atoms with Crippen molar-refractivity contribution in [2.75, 3.05) is 5.75 Å². The first-order valence-corrected chi connectivity index (χ1v) is 5.73. The second-order valence-electron chi connectivity index (χ2n) is 2.22. The lowest BCUT2D eigenvalue weighted by atomic mass is 10.2. The molecule has 0 aliphatic carbocycles. The van der Waals surface area contributed by atoms with Crippen LogP contribution in [0.1, 0.15) is 20.8 Å². The third-order valence-electron chi connectivity index (χ3n) is 1.46. The third kappa shape index (κ3) is 3.59. The summed E-state index contributed by atoms with van der Waals surface area (Å²) in [4.78, 5) is 0. The van der Waals surface area contributed by atoms with Crippen molar-refractivity contribution in [3.8, 4) is 0 Å². The molecule has 74 valence electrons. The Balaban J connectivity index is 0.000000671. The van der Waals surface area contributed by atoms with Gasteiger partial charge in [-0.1, -0.05) is 38.7 Å². The summed E-state index contributed by atoms with van der Waals surface area (Å²) in [5.41, 5.74) is 2.03. The predicted octanol–water partition coefficient (Wildman–Crippen LogP) is 2.30. The van der Waals surface area contributed by atoms with Crippen molar-refractivity contribution in [3.05, 3.63) is 36.1 Å². The zero-order chi connectivity index (χ0) is 10.3. The average molecular weight is 199 g/mol. The maximum absolute atomic E-state index is 11.0. The molecule has 1 unspecified atom stereocenters. The van der Waals surface area contributed by atoms with E-state index in [0.29, 0.717) is 5.75 Å². The fourth-order valence-electron chi connectivity index (χ4n) is 0.968. The molecule has 1 aliphatic rings. The molecule has 1 aliphatic heterocycles. The molecule has 3 heteroatoms. The second-order valence-corrected chi connectivity index (χ2v) is 3.41. The van der Waals surface area contributed by atoms with Gasteiger partial charge in [-0.15, -0.1) is 0 Å². The minimum atomic E-state index is -0.919. The lowest BCUT2D eigenvalue weighted by Crippen LogP contribution is -2.05. The van der Waals surface area contributed by atoms with Crippen LogP contribution in [0.25, 0.3) is 0 Å². The summed E-state index contributed by atoms with van der Waals surface area (Å²) in [7, 11) is -0.919. The molecule has 2 nitrogen and oxygen atoms in total. The molecule has 0 radical (unpaired) electrons. The quantitative estimate of drug-likeness (QED) is 0.690. The molecular formula is C10H17NOS. The fraction of sp³-hybridized carbons (Fsp3) is 0.400. The van der Waals surface area contributed by atoms with Gasteiger partial charge >= 0.3 is 0 Å². The van der Waals surface area contributed by atoms with Gasteiger partial charge in [0.05, 0.1) is 5.75 Å². The Morgan fingerprint density at radius 3 is 2.62 bits per heavy atom. The van der Waals surface area contributed by atoms with Crippen LogP contribution in [0.3, 0.4) is 0 Å². The van der Waals surface area contributed by atoms with E-state index in [4.69, 9.17) is 0 Å². The number of hydrogen-bond donors (Lipinski definition) is 1. The highest BCUT2D eigenvalue weighted by molar-refractivity contribution is 7.83. The van der Waals surface area contributed by atoms with E-state index in [1.165, 1.54) is 0 Å². The average Bonchev–Trinajstić information content (AvgIpc) is 2.50. The Labute approximate surface area is 83.0 Å². The van der Waals surface area contributed by atoms with Crippen molar-refractivity contribution in [1.29, 1.82) is 0 Å². The first kappa shape index (κ1) is 12.2. The summed E-state index contributed by atoms with van der Waals surface area (Å²) in [6.07, 6.45) is 5.51. The maximum Gasteiger partial charge on any atom is 0.121 e. The minimum absolute atomic E-state index is 0.589. The molecule has 1 fully saturated rings. The van der Waals surface area contributed by atoms with Crippen molar-refractivity contribution in [1.82, 2.24) is 4.72 Å². The molecule has 1 atom stereocenters. The topological polar surface area (TPSA) is 29.1 Å². The van der Waals surface area contributed by atoms with Crippen molar-refractivity contribution in [2.24, 2.45) is 0 Å². The van der Waals surface area contributed by atoms with E-state index in [2.05, 4.69) is 11.3 Å². The molecule has 1 N–H and O–H groups in total. The van der Waals surface area contributed by atoms with Gasteiger partial charge in [0.1, 0.15) is 11.0 Å². The summed E-state index contributed by atoms with van der Waals surface area (Å²) < 4.78 is 13.8. The van der Waals surface area contributed by atoms with Crippen LogP contribution in [0.15, 0.2) is 36.1 Å². The summed E-state index contributed by atoms with van der Waals surface area (Å²) >= 11 is 0. The molecule has 13 heavy (non-hydrogen) atoms. The van der Waals surface area contributed by atoms with Crippen LogP contribution >= 0.6 is 0 Å². The van der Waals surface area contributed by atoms with E-state index in [0.717, 1.165) is 11.3 Å². The number of hydrogen-bond acceptors (Lipinski definition) is 1. The monoisotopic (exact) mass is 199 g/mol. The Morgan fingerprint density at radius 1 is 1.54 bits per heavy atom. The molecule has 0 bridgehead atoms. The van der Waals surface area contributed by atoms with E-state index in [-0.39, 0.29) is 0 Å². The van der Waals surface area contributed by atoms with Gasteiger partial charge in [0, 0.05) is 5.70 Å². The standard InChI is InChI=1S/C8H11NOS.C2H6/c1-3-5-7-6-11(10)9-8(7)4-2;1-2/h3-5,9H,1,6H2,2H3;1-2H3/b7-5-,8-4+;. The number of allylic oxidation sites excluding steroid dienone is 4. The summed E-state index contributed by atoms with van der Waals surface area (Å²) in [5.74, 6) is 0.589. The van der Waals surface area contributed by atoms with Gasteiger partial charge in [0.25, 0.3) is 0 Å². The van der Waals surface area contributed by atoms with Gasteiger partial charge in [-0.2, -0.15) is 0 Å². The van der Waals surface area contributed by atoms with Crippen molar-refractivity contribution >= 4 is 11.0 Å². The Morgan fingerprint density at radius 2 is 2.15 bits per heavy atom. The van der Waals surface area contributed by atoms with Gasteiger partial charge in [0.2, 0.25) is 0 Å². The van der Waals surface area contributed by atoms with Gasteiger partial charge < -0.3 is 4.72 Å². The Hall–Kier alpha value is -0.830. The van der Waals surface area contributed by atoms with Crippen LogP contribution < -0.4 is 4.72 Å². The lowest BCUT2D eigenvalue weighted by Gasteiger charge is -1.94. The number of rotatable bonds is 1. The molecule has 0 aromatic carbocycles. The molecule has 1 rings (SSSR count). The van der Waals surface area contributed by atoms with Crippen LogP contribution in [0, 0.1) is 0 Å². The van der Waals surface area contributed by atoms with Crippen LogP contribution in [-0.2, 0) is 11.0 Å². The van der Waals surface area contributed by atoms with Crippen LogP contribution in [0.2, 0.25) is 0 Å². The van der Waals surface area contributed by atoms with E-state index >= 15 is 0 Å². The largest absolute Gasteiger partial charge is 0.305 e. The molecule has 0 saturated carbocycles. The Kier molecular flexibility index (Phi) is 6.24. The van der Waals surface area contributed by atoms with Gasteiger partial charge in [-0.25, -0.2) is 4.21 Å². The normalized spacial score (nSPS) is 26.5. The van der Waals surface area contributed by atoms with Crippen molar-refractivity contribution in [3.63, 3.8) is 0 Å². The molecule has 0 spiro atoms. The van der Waals surface area contributed by atoms with Crippen molar-refractivity contribution < 1.29 is 4.21 Å². The predicted molar refractivity (Wildman–Crippen MR) is 59.5 cm³/mol. The van der Waals surface area contributed by atoms with Crippen LogP contribution in [0.4, 0.5) is 0 Å².